The third kappa shape index (κ3) is 3.45. The summed E-state index contributed by atoms with van der Waals surface area (Å²) in [5.74, 6) is -0.859. The Morgan fingerprint density at radius 1 is 1.28 bits per heavy atom. The molecule has 0 spiro atoms. The first-order valence-electron chi connectivity index (χ1n) is 7.75. The molecule has 0 radical (unpaired) electrons. The van der Waals surface area contributed by atoms with E-state index in [4.69, 9.17) is 5.11 Å². The van der Waals surface area contributed by atoms with Crippen molar-refractivity contribution in [1.82, 2.24) is 15.1 Å². The van der Waals surface area contributed by atoms with Gasteiger partial charge in [-0.2, -0.15) is 5.10 Å². The van der Waals surface area contributed by atoms with Gasteiger partial charge in [-0.15, -0.1) is 0 Å². The molecule has 0 aliphatic carbocycles. The maximum Gasteiger partial charge on any atom is 0.277 e. The molecule has 3 rings (SSSR count). The van der Waals surface area contributed by atoms with Crippen LogP contribution in [-0.4, -0.2) is 45.2 Å². The number of aromatic nitrogens is 2. The number of aromatic amines is 1. The summed E-state index contributed by atoms with van der Waals surface area (Å²) in [6, 6.07) is 7.55. The Kier molecular flexibility index (Phi) is 4.91. The fourth-order valence-electron chi connectivity index (χ4n) is 2.51. The van der Waals surface area contributed by atoms with Crippen molar-refractivity contribution in [3.63, 3.8) is 0 Å². The van der Waals surface area contributed by atoms with Gasteiger partial charge in [-0.1, -0.05) is 23.9 Å². The highest BCUT2D eigenvalue weighted by Gasteiger charge is 2.30. The Hall–Kier alpha value is -2.58. The average Bonchev–Trinajstić information content (AvgIpc) is 3.04. The van der Waals surface area contributed by atoms with Gasteiger partial charge in [0.2, 0.25) is 0 Å². The van der Waals surface area contributed by atoms with E-state index in [1.807, 2.05) is 38.1 Å². The van der Waals surface area contributed by atoms with E-state index in [0.717, 1.165) is 31.8 Å². The number of para-hydroxylation sites is 1. The van der Waals surface area contributed by atoms with Crippen LogP contribution < -0.4 is 5.32 Å². The van der Waals surface area contributed by atoms with E-state index in [9.17, 15) is 9.59 Å². The van der Waals surface area contributed by atoms with Crippen molar-refractivity contribution in [2.45, 2.75) is 23.6 Å². The molecule has 1 aromatic heterocycles. The number of hydrogen-bond donors (Lipinski definition) is 3. The van der Waals surface area contributed by atoms with Crippen molar-refractivity contribution in [3.8, 4) is 0 Å². The van der Waals surface area contributed by atoms with Crippen molar-refractivity contribution in [1.29, 1.82) is 0 Å². The number of imide groups is 1. The lowest BCUT2D eigenvalue weighted by Gasteiger charge is -2.15. The molecule has 130 valence electrons. The van der Waals surface area contributed by atoms with Crippen LogP contribution in [0.3, 0.4) is 0 Å². The van der Waals surface area contributed by atoms with Crippen LogP contribution in [0.1, 0.15) is 11.4 Å². The summed E-state index contributed by atoms with van der Waals surface area (Å²) in [5.41, 5.74) is 2.80. The Morgan fingerprint density at radius 3 is 2.72 bits per heavy atom. The molecule has 0 unspecified atom stereocenters. The first kappa shape index (κ1) is 17.2. The van der Waals surface area contributed by atoms with Crippen molar-refractivity contribution in [3.05, 3.63) is 47.4 Å². The molecule has 0 atom stereocenters. The number of amides is 2. The SMILES string of the molecule is Cc1n[nH]c(C)c1Sc1ccccc1NC1=CC(=O)N(CCO)C1=O. The van der Waals surface area contributed by atoms with Gasteiger partial charge >= 0.3 is 0 Å². The van der Waals surface area contributed by atoms with Crippen LogP contribution in [-0.2, 0) is 9.59 Å². The lowest BCUT2D eigenvalue weighted by Crippen LogP contribution is -2.34. The maximum absolute atomic E-state index is 12.3. The molecule has 7 nitrogen and oxygen atoms in total. The summed E-state index contributed by atoms with van der Waals surface area (Å²) >= 11 is 1.54. The molecule has 2 aromatic rings. The molecule has 3 N–H and O–H groups in total. The second kappa shape index (κ2) is 7.12. The van der Waals surface area contributed by atoms with E-state index in [-0.39, 0.29) is 18.8 Å². The zero-order chi connectivity index (χ0) is 18.0. The molecule has 1 aliphatic rings. The van der Waals surface area contributed by atoms with Crippen LogP contribution in [0.15, 0.2) is 45.8 Å². The highest BCUT2D eigenvalue weighted by Crippen LogP contribution is 2.37. The van der Waals surface area contributed by atoms with Crippen molar-refractivity contribution in [2.24, 2.45) is 0 Å². The van der Waals surface area contributed by atoms with Gasteiger partial charge in [0.25, 0.3) is 11.8 Å². The van der Waals surface area contributed by atoms with Gasteiger partial charge in [0, 0.05) is 16.7 Å². The third-order valence-electron chi connectivity index (χ3n) is 3.76. The molecule has 0 saturated carbocycles. The minimum atomic E-state index is -0.436. The number of β-amino-alcohol motifs (C(OH)–C–C–N with tert-alkyl or cyclic N) is 1. The first-order valence-corrected chi connectivity index (χ1v) is 8.56. The molecule has 2 amide bonds. The molecule has 0 saturated heterocycles. The summed E-state index contributed by atoms with van der Waals surface area (Å²) in [5, 5.41) is 19.2. The molecular formula is C17H18N4O3S. The lowest BCUT2D eigenvalue weighted by atomic mass is 10.3. The fraction of sp³-hybridized carbons (Fsp3) is 0.235. The number of nitrogens with one attached hydrogen (secondary N) is 2. The number of aliphatic hydroxyl groups excluding tert-OH is 1. The molecule has 8 heteroatoms. The first-order chi connectivity index (χ1) is 12.0. The number of rotatable bonds is 6. The second-order valence-electron chi connectivity index (χ2n) is 5.56. The van der Waals surface area contributed by atoms with Crippen LogP contribution in [0, 0.1) is 13.8 Å². The van der Waals surface area contributed by atoms with E-state index in [0.29, 0.717) is 0 Å². The van der Waals surface area contributed by atoms with E-state index >= 15 is 0 Å². The van der Waals surface area contributed by atoms with Crippen molar-refractivity contribution in [2.75, 3.05) is 18.5 Å². The largest absolute Gasteiger partial charge is 0.395 e. The number of aryl methyl sites for hydroxylation is 2. The number of hydrogen-bond acceptors (Lipinski definition) is 6. The summed E-state index contributed by atoms with van der Waals surface area (Å²) in [7, 11) is 0. The monoisotopic (exact) mass is 358 g/mol. The fourth-order valence-corrected chi connectivity index (χ4v) is 3.50. The molecule has 1 aliphatic heterocycles. The average molecular weight is 358 g/mol. The number of benzene rings is 1. The molecule has 0 fully saturated rings. The zero-order valence-electron chi connectivity index (χ0n) is 13.9. The van der Waals surface area contributed by atoms with Gasteiger partial charge in [0.1, 0.15) is 5.70 Å². The smallest absolute Gasteiger partial charge is 0.277 e. The number of aliphatic hydroxyl groups is 1. The molecule has 2 heterocycles. The van der Waals surface area contributed by atoms with Gasteiger partial charge in [-0.25, -0.2) is 0 Å². The van der Waals surface area contributed by atoms with Gasteiger partial charge in [0.05, 0.1) is 29.4 Å². The number of carbonyl (C=O) groups is 2. The van der Waals surface area contributed by atoms with Crippen LogP contribution >= 0.6 is 11.8 Å². The summed E-state index contributed by atoms with van der Waals surface area (Å²) in [6.07, 6.45) is 1.26. The topological polar surface area (TPSA) is 98.3 Å². The second-order valence-corrected chi connectivity index (χ2v) is 6.62. The van der Waals surface area contributed by atoms with Gasteiger partial charge in [0.15, 0.2) is 0 Å². The zero-order valence-corrected chi connectivity index (χ0v) is 14.7. The third-order valence-corrected chi connectivity index (χ3v) is 5.14. The van der Waals surface area contributed by atoms with Crippen molar-refractivity contribution < 1.29 is 14.7 Å². The van der Waals surface area contributed by atoms with Gasteiger partial charge in [-0.3, -0.25) is 19.6 Å². The maximum atomic E-state index is 12.3. The van der Waals surface area contributed by atoms with E-state index in [1.54, 1.807) is 0 Å². The van der Waals surface area contributed by atoms with Crippen LogP contribution in [0.25, 0.3) is 0 Å². The predicted octanol–water partition coefficient (Wildman–Crippen LogP) is 1.83. The predicted molar refractivity (Wildman–Crippen MR) is 94.1 cm³/mol. The molecule has 0 bridgehead atoms. The van der Waals surface area contributed by atoms with E-state index < -0.39 is 11.8 Å². The lowest BCUT2D eigenvalue weighted by molar-refractivity contribution is -0.137. The van der Waals surface area contributed by atoms with E-state index in [1.165, 1.54) is 17.8 Å². The van der Waals surface area contributed by atoms with Crippen LogP contribution in [0.5, 0.6) is 0 Å². The Bertz CT molecular complexity index is 840. The van der Waals surface area contributed by atoms with Crippen LogP contribution in [0.2, 0.25) is 0 Å². The minimum absolute atomic E-state index is 0.0108. The van der Waals surface area contributed by atoms with E-state index in [2.05, 4.69) is 15.5 Å². The quantitative estimate of drug-likeness (QED) is 0.682. The standard InChI is InChI=1S/C17H18N4O3S/c1-10-16(11(2)20-19-10)25-14-6-4-3-5-12(14)18-13-9-15(23)21(7-8-22)17(13)24/h3-6,9,18,22H,7-8H2,1-2H3,(H,19,20). The number of nitrogens with zero attached hydrogens (tertiary/aromatic N) is 2. The molecule has 1 aromatic carbocycles. The summed E-state index contributed by atoms with van der Waals surface area (Å²) in [6.45, 7) is 3.61. The number of anilines is 1. The normalized spacial score (nSPS) is 14.2. The van der Waals surface area contributed by atoms with Crippen LogP contribution in [0.4, 0.5) is 5.69 Å². The minimum Gasteiger partial charge on any atom is -0.395 e. The molecule has 25 heavy (non-hydrogen) atoms. The number of carbonyl (C=O) groups excluding carboxylic acids is 2. The molecular weight excluding hydrogens is 340 g/mol. The van der Waals surface area contributed by atoms with Gasteiger partial charge in [-0.05, 0) is 26.0 Å². The summed E-state index contributed by atoms with van der Waals surface area (Å²) < 4.78 is 0. The van der Waals surface area contributed by atoms with Crippen molar-refractivity contribution >= 4 is 29.3 Å². The highest BCUT2D eigenvalue weighted by molar-refractivity contribution is 7.99. The summed E-state index contributed by atoms with van der Waals surface area (Å²) in [4.78, 5) is 27.1. The Balaban J connectivity index is 1.84. The number of H-pyrrole nitrogens is 1. The Labute approximate surface area is 149 Å². The van der Waals surface area contributed by atoms with Gasteiger partial charge < -0.3 is 10.4 Å². The Morgan fingerprint density at radius 2 is 2.04 bits per heavy atom. The highest BCUT2D eigenvalue weighted by atomic mass is 32.2.